The fourth-order valence-corrected chi connectivity index (χ4v) is 3.69. The summed E-state index contributed by atoms with van der Waals surface area (Å²) in [6, 6.07) is 10.2. The lowest BCUT2D eigenvalue weighted by atomic mass is 9.89. The fraction of sp³-hybridized carbons (Fsp3) is 0.611. The number of benzene rings is 1. The second-order valence-electron chi connectivity index (χ2n) is 6.54. The van der Waals surface area contributed by atoms with E-state index in [4.69, 9.17) is 4.74 Å². The molecule has 0 saturated carbocycles. The van der Waals surface area contributed by atoms with E-state index in [1.807, 2.05) is 30.3 Å². The molecule has 2 saturated heterocycles. The van der Waals surface area contributed by atoms with E-state index in [2.05, 4.69) is 10.2 Å². The molecule has 1 aromatic rings. The maximum atomic E-state index is 12.2. The summed E-state index contributed by atoms with van der Waals surface area (Å²) in [6.07, 6.45) is 2.52. The first-order chi connectivity index (χ1) is 11.2. The van der Waals surface area contributed by atoms with Crippen LogP contribution in [0.2, 0.25) is 0 Å². The van der Waals surface area contributed by atoms with Crippen LogP contribution in [0.1, 0.15) is 24.8 Å². The number of hydrogen-bond acceptors (Lipinski definition) is 4. The van der Waals surface area contributed by atoms with Crippen molar-refractivity contribution in [2.45, 2.75) is 38.0 Å². The van der Waals surface area contributed by atoms with Gasteiger partial charge in [-0.05, 0) is 31.4 Å². The first-order valence-corrected chi connectivity index (χ1v) is 8.54. The highest BCUT2D eigenvalue weighted by molar-refractivity contribution is 5.78. The van der Waals surface area contributed by atoms with Gasteiger partial charge in [-0.15, -0.1) is 0 Å². The van der Waals surface area contributed by atoms with Crippen LogP contribution < -0.4 is 5.32 Å². The van der Waals surface area contributed by atoms with Crippen LogP contribution in [-0.4, -0.2) is 54.4 Å². The van der Waals surface area contributed by atoms with Crippen molar-refractivity contribution in [3.05, 3.63) is 35.9 Å². The third-order valence-corrected chi connectivity index (χ3v) is 4.95. The average Bonchev–Trinajstić information content (AvgIpc) is 3.02. The van der Waals surface area contributed by atoms with Crippen LogP contribution >= 0.6 is 0 Å². The average molecular weight is 318 g/mol. The zero-order valence-corrected chi connectivity index (χ0v) is 13.5. The first-order valence-electron chi connectivity index (χ1n) is 8.54. The van der Waals surface area contributed by atoms with Gasteiger partial charge in [0.05, 0.1) is 19.3 Å². The summed E-state index contributed by atoms with van der Waals surface area (Å²) in [7, 11) is 0. The minimum atomic E-state index is -0.304. The molecule has 3 rings (SSSR count). The Balaban J connectivity index is 1.50. The molecule has 5 heteroatoms. The molecule has 2 aliphatic rings. The molecule has 2 N–H and O–H groups in total. The molecule has 5 nitrogen and oxygen atoms in total. The van der Waals surface area contributed by atoms with Gasteiger partial charge in [0, 0.05) is 25.1 Å². The first kappa shape index (κ1) is 16.4. The summed E-state index contributed by atoms with van der Waals surface area (Å²) in [5, 5.41) is 13.2. The smallest absolute Gasteiger partial charge is 0.234 e. The molecule has 0 bridgehead atoms. The molecule has 0 radical (unpaired) electrons. The lowest BCUT2D eigenvalue weighted by Gasteiger charge is -2.36. The van der Waals surface area contributed by atoms with E-state index < -0.39 is 0 Å². The molecule has 126 valence electrons. The Morgan fingerprint density at radius 2 is 2.13 bits per heavy atom. The van der Waals surface area contributed by atoms with Gasteiger partial charge in [0.1, 0.15) is 0 Å². The van der Waals surface area contributed by atoms with E-state index in [1.165, 1.54) is 0 Å². The highest BCUT2D eigenvalue weighted by Gasteiger charge is 2.37. The summed E-state index contributed by atoms with van der Waals surface area (Å²) >= 11 is 0. The molecule has 1 amide bonds. The summed E-state index contributed by atoms with van der Waals surface area (Å²) in [5.74, 6) is 0.181. The molecule has 0 aromatic heterocycles. The van der Waals surface area contributed by atoms with Gasteiger partial charge in [-0.3, -0.25) is 9.69 Å². The SMILES string of the molecule is O=C(CN1CCC[C@@H]1[C@@H]1COCC[C@H]1O)NCc1ccccc1. The number of nitrogens with zero attached hydrogens (tertiary/aromatic N) is 1. The Kier molecular flexibility index (Phi) is 5.65. The molecule has 0 aliphatic carbocycles. The quantitative estimate of drug-likeness (QED) is 0.855. The molecule has 2 heterocycles. The summed E-state index contributed by atoms with van der Waals surface area (Å²) < 4.78 is 5.54. The maximum Gasteiger partial charge on any atom is 0.234 e. The van der Waals surface area contributed by atoms with Crippen molar-refractivity contribution < 1.29 is 14.6 Å². The van der Waals surface area contributed by atoms with E-state index in [-0.39, 0.29) is 24.0 Å². The zero-order chi connectivity index (χ0) is 16.1. The Morgan fingerprint density at radius 1 is 1.30 bits per heavy atom. The van der Waals surface area contributed by atoms with Gasteiger partial charge in [-0.1, -0.05) is 30.3 Å². The van der Waals surface area contributed by atoms with Gasteiger partial charge < -0.3 is 15.2 Å². The predicted octanol–water partition coefficient (Wildman–Crippen LogP) is 1.16. The standard InChI is InChI=1S/C18H26N2O3/c21-17-8-10-23-13-15(17)16-7-4-9-20(16)12-18(22)19-11-14-5-2-1-3-6-14/h1-3,5-6,15-17,21H,4,7-13H2,(H,19,22)/t15-,16+,17+/m0/s1. The summed E-state index contributed by atoms with van der Waals surface area (Å²) in [5.41, 5.74) is 1.11. The number of amides is 1. The monoisotopic (exact) mass is 318 g/mol. The normalized spacial score (nSPS) is 28.7. The molecule has 0 spiro atoms. The van der Waals surface area contributed by atoms with Gasteiger partial charge in [-0.2, -0.15) is 0 Å². The van der Waals surface area contributed by atoms with E-state index in [9.17, 15) is 9.90 Å². The van der Waals surface area contributed by atoms with Crippen molar-refractivity contribution >= 4 is 5.91 Å². The highest BCUT2D eigenvalue weighted by Crippen LogP contribution is 2.29. The largest absolute Gasteiger partial charge is 0.393 e. The van der Waals surface area contributed by atoms with Crippen molar-refractivity contribution in [1.29, 1.82) is 0 Å². The predicted molar refractivity (Wildman–Crippen MR) is 87.8 cm³/mol. The van der Waals surface area contributed by atoms with Crippen molar-refractivity contribution in [1.82, 2.24) is 10.2 Å². The minimum Gasteiger partial charge on any atom is -0.393 e. The fourth-order valence-electron chi connectivity index (χ4n) is 3.69. The Morgan fingerprint density at radius 3 is 2.91 bits per heavy atom. The third-order valence-electron chi connectivity index (χ3n) is 4.95. The molecule has 2 fully saturated rings. The van der Waals surface area contributed by atoms with E-state index in [0.29, 0.717) is 32.7 Å². The number of likely N-dealkylation sites (tertiary alicyclic amines) is 1. The Bertz CT molecular complexity index is 508. The van der Waals surface area contributed by atoms with E-state index in [1.54, 1.807) is 0 Å². The lowest BCUT2D eigenvalue weighted by Crippen LogP contribution is -2.48. The summed E-state index contributed by atoms with van der Waals surface area (Å²) in [4.78, 5) is 14.4. The van der Waals surface area contributed by atoms with Gasteiger partial charge >= 0.3 is 0 Å². The minimum absolute atomic E-state index is 0.0481. The highest BCUT2D eigenvalue weighted by atomic mass is 16.5. The van der Waals surface area contributed by atoms with E-state index >= 15 is 0 Å². The second-order valence-corrected chi connectivity index (χ2v) is 6.54. The Hall–Kier alpha value is -1.43. The van der Waals surface area contributed by atoms with Crippen LogP contribution in [0.4, 0.5) is 0 Å². The molecule has 0 unspecified atom stereocenters. The van der Waals surface area contributed by atoms with Crippen LogP contribution in [0, 0.1) is 5.92 Å². The maximum absolute atomic E-state index is 12.2. The number of aliphatic hydroxyl groups is 1. The molecule has 3 atom stereocenters. The Labute approximate surface area is 137 Å². The van der Waals surface area contributed by atoms with Crippen LogP contribution in [0.3, 0.4) is 0 Å². The number of rotatable bonds is 5. The van der Waals surface area contributed by atoms with E-state index in [0.717, 1.165) is 24.9 Å². The molecular formula is C18H26N2O3. The van der Waals surface area contributed by atoms with Crippen molar-refractivity contribution in [3.8, 4) is 0 Å². The van der Waals surface area contributed by atoms with Crippen molar-refractivity contribution in [3.63, 3.8) is 0 Å². The van der Waals surface area contributed by atoms with Gasteiger partial charge in [0.25, 0.3) is 0 Å². The number of carbonyl (C=O) groups is 1. The number of aliphatic hydroxyl groups excluding tert-OH is 1. The third kappa shape index (κ3) is 4.31. The zero-order valence-electron chi connectivity index (χ0n) is 13.5. The topological polar surface area (TPSA) is 61.8 Å². The molecule has 1 aromatic carbocycles. The lowest BCUT2D eigenvalue weighted by molar-refractivity contribution is -0.124. The van der Waals surface area contributed by atoms with Crippen LogP contribution in [0.15, 0.2) is 30.3 Å². The van der Waals surface area contributed by atoms with Gasteiger partial charge in [0.2, 0.25) is 5.91 Å². The van der Waals surface area contributed by atoms with Crippen molar-refractivity contribution in [2.24, 2.45) is 5.92 Å². The number of carbonyl (C=O) groups excluding carboxylic acids is 1. The summed E-state index contributed by atoms with van der Waals surface area (Å²) in [6.45, 7) is 3.14. The van der Waals surface area contributed by atoms with Crippen LogP contribution in [0.5, 0.6) is 0 Å². The van der Waals surface area contributed by atoms with Gasteiger partial charge in [0.15, 0.2) is 0 Å². The molecular weight excluding hydrogens is 292 g/mol. The number of nitrogens with one attached hydrogen (secondary N) is 1. The van der Waals surface area contributed by atoms with Crippen molar-refractivity contribution in [2.75, 3.05) is 26.3 Å². The second kappa shape index (κ2) is 7.90. The number of ether oxygens (including phenoxy) is 1. The number of hydrogen-bond donors (Lipinski definition) is 2. The van der Waals surface area contributed by atoms with Gasteiger partial charge in [-0.25, -0.2) is 0 Å². The van der Waals surface area contributed by atoms with Crippen LogP contribution in [-0.2, 0) is 16.1 Å². The molecule has 23 heavy (non-hydrogen) atoms. The van der Waals surface area contributed by atoms with Crippen LogP contribution in [0.25, 0.3) is 0 Å². The molecule has 2 aliphatic heterocycles.